The molecule has 122 valence electrons. The van der Waals surface area contributed by atoms with E-state index in [1.54, 1.807) is 0 Å². The molecule has 1 aromatic rings. The molecule has 8 nitrogen and oxygen atoms in total. The summed E-state index contributed by atoms with van der Waals surface area (Å²) in [4.78, 5) is 25.0. The summed E-state index contributed by atoms with van der Waals surface area (Å²) in [5.74, 6) is 0. The number of aliphatic hydroxyl groups excluding tert-OH is 1. The standard InChI is InChI=1S/C14H20N2O6/c17-10-7-9(8-21-12-3-1-2-6-20-12)22-13(10)16-5-4-11(18)15-14(16)19/h4-5,9-10,12-13,17H,1-3,6-8H2,(H,15,18,19)/t9-,10-,12?,13+/m1/s1. The lowest BCUT2D eigenvalue weighted by atomic mass is 10.2. The highest BCUT2D eigenvalue weighted by Gasteiger charge is 2.36. The van der Waals surface area contributed by atoms with Crippen molar-refractivity contribution in [3.63, 3.8) is 0 Å². The third kappa shape index (κ3) is 3.46. The van der Waals surface area contributed by atoms with Crippen LogP contribution in [-0.2, 0) is 14.2 Å². The van der Waals surface area contributed by atoms with E-state index in [1.807, 2.05) is 0 Å². The fourth-order valence-electron chi connectivity index (χ4n) is 2.77. The molecule has 2 aliphatic heterocycles. The fourth-order valence-corrected chi connectivity index (χ4v) is 2.77. The molecule has 22 heavy (non-hydrogen) atoms. The van der Waals surface area contributed by atoms with Crippen molar-refractivity contribution in [1.82, 2.24) is 9.55 Å². The van der Waals surface area contributed by atoms with Crippen molar-refractivity contribution < 1.29 is 19.3 Å². The first kappa shape index (κ1) is 15.4. The largest absolute Gasteiger partial charge is 0.388 e. The molecule has 2 N–H and O–H groups in total. The van der Waals surface area contributed by atoms with E-state index in [-0.39, 0.29) is 12.4 Å². The summed E-state index contributed by atoms with van der Waals surface area (Å²) < 4.78 is 18.0. The van der Waals surface area contributed by atoms with Crippen LogP contribution in [0.5, 0.6) is 0 Å². The summed E-state index contributed by atoms with van der Waals surface area (Å²) in [6.45, 7) is 1.00. The maximum Gasteiger partial charge on any atom is 0.330 e. The summed E-state index contributed by atoms with van der Waals surface area (Å²) in [5.41, 5.74) is -1.09. The normalized spacial score (nSPS) is 32.2. The van der Waals surface area contributed by atoms with Crippen LogP contribution in [0.2, 0.25) is 0 Å². The molecule has 0 amide bonds. The Morgan fingerprint density at radius 1 is 1.41 bits per heavy atom. The molecule has 2 fully saturated rings. The van der Waals surface area contributed by atoms with E-state index >= 15 is 0 Å². The molecule has 0 radical (unpaired) electrons. The summed E-state index contributed by atoms with van der Waals surface area (Å²) in [6.07, 6.45) is 2.50. The average Bonchev–Trinajstić information content (AvgIpc) is 2.87. The monoisotopic (exact) mass is 312 g/mol. The maximum absolute atomic E-state index is 11.7. The molecule has 1 unspecified atom stereocenters. The zero-order valence-corrected chi connectivity index (χ0v) is 12.1. The number of nitrogens with one attached hydrogen (secondary N) is 1. The highest BCUT2D eigenvalue weighted by Crippen LogP contribution is 2.28. The van der Waals surface area contributed by atoms with Gasteiger partial charge >= 0.3 is 5.69 Å². The Bertz CT molecular complexity index is 606. The first-order valence-corrected chi connectivity index (χ1v) is 7.51. The van der Waals surface area contributed by atoms with E-state index in [1.165, 1.54) is 16.8 Å². The van der Waals surface area contributed by atoms with Gasteiger partial charge in [-0.05, 0) is 19.3 Å². The first-order chi connectivity index (χ1) is 10.6. The smallest absolute Gasteiger partial charge is 0.330 e. The van der Waals surface area contributed by atoms with Gasteiger partial charge in [0.15, 0.2) is 12.5 Å². The summed E-state index contributed by atoms with van der Waals surface area (Å²) >= 11 is 0. The second kappa shape index (κ2) is 6.74. The summed E-state index contributed by atoms with van der Waals surface area (Å²) in [7, 11) is 0. The Morgan fingerprint density at radius 2 is 2.27 bits per heavy atom. The van der Waals surface area contributed by atoms with Crippen molar-refractivity contribution in [2.45, 2.75) is 50.4 Å². The van der Waals surface area contributed by atoms with Gasteiger partial charge in [0.1, 0.15) is 6.10 Å². The second-order valence-electron chi connectivity index (χ2n) is 5.60. The maximum atomic E-state index is 11.7. The Hall–Kier alpha value is -1.48. The van der Waals surface area contributed by atoms with Crippen LogP contribution in [0.1, 0.15) is 31.9 Å². The third-order valence-electron chi connectivity index (χ3n) is 3.90. The van der Waals surface area contributed by atoms with Crippen LogP contribution >= 0.6 is 0 Å². The predicted octanol–water partition coefficient (Wildman–Crippen LogP) is -0.272. The van der Waals surface area contributed by atoms with Gasteiger partial charge < -0.3 is 19.3 Å². The SMILES string of the molecule is O=c1ccn([C@H]2O[C@@H](COC3CCCCO3)C[C@H]2O)c(=O)[nH]1. The average molecular weight is 312 g/mol. The number of hydrogen-bond donors (Lipinski definition) is 2. The minimum Gasteiger partial charge on any atom is -0.388 e. The van der Waals surface area contributed by atoms with Crippen LogP contribution in [0.4, 0.5) is 0 Å². The van der Waals surface area contributed by atoms with Crippen LogP contribution in [-0.4, -0.2) is 46.4 Å². The van der Waals surface area contributed by atoms with E-state index in [0.29, 0.717) is 19.6 Å². The van der Waals surface area contributed by atoms with Crippen LogP contribution < -0.4 is 11.2 Å². The second-order valence-corrected chi connectivity index (χ2v) is 5.60. The van der Waals surface area contributed by atoms with Gasteiger partial charge in [-0.15, -0.1) is 0 Å². The van der Waals surface area contributed by atoms with Gasteiger partial charge in [-0.1, -0.05) is 0 Å². The summed E-state index contributed by atoms with van der Waals surface area (Å²) in [6, 6.07) is 1.22. The molecule has 2 saturated heterocycles. The minimum absolute atomic E-state index is 0.218. The highest BCUT2D eigenvalue weighted by molar-refractivity contribution is 4.88. The molecule has 3 rings (SSSR count). The molecule has 2 aliphatic rings. The molecule has 0 aromatic carbocycles. The fraction of sp³-hybridized carbons (Fsp3) is 0.714. The topological polar surface area (TPSA) is 103 Å². The molecule has 8 heteroatoms. The van der Waals surface area contributed by atoms with Crippen LogP contribution in [0.15, 0.2) is 21.9 Å². The molecular formula is C14H20N2O6. The first-order valence-electron chi connectivity index (χ1n) is 7.51. The highest BCUT2D eigenvalue weighted by atomic mass is 16.7. The number of aliphatic hydroxyl groups is 1. The lowest BCUT2D eigenvalue weighted by Gasteiger charge is -2.24. The molecule has 0 bridgehead atoms. The number of aromatic nitrogens is 2. The van der Waals surface area contributed by atoms with Gasteiger partial charge in [0.05, 0.1) is 12.7 Å². The molecule has 0 saturated carbocycles. The van der Waals surface area contributed by atoms with Gasteiger partial charge in [0.2, 0.25) is 0 Å². The van der Waals surface area contributed by atoms with E-state index in [4.69, 9.17) is 14.2 Å². The summed E-state index contributed by atoms with van der Waals surface area (Å²) in [5, 5.41) is 10.1. The van der Waals surface area contributed by atoms with E-state index < -0.39 is 23.6 Å². The van der Waals surface area contributed by atoms with Crippen LogP contribution in [0.25, 0.3) is 0 Å². The Morgan fingerprint density at radius 3 is 3.00 bits per heavy atom. The Labute approximate surface area is 126 Å². The molecule has 3 heterocycles. The van der Waals surface area contributed by atoms with E-state index in [9.17, 15) is 14.7 Å². The minimum atomic E-state index is -0.829. The number of ether oxygens (including phenoxy) is 3. The van der Waals surface area contributed by atoms with Crippen LogP contribution in [0.3, 0.4) is 0 Å². The van der Waals surface area contributed by atoms with Crippen molar-refractivity contribution in [3.8, 4) is 0 Å². The quantitative estimate of drug-likeness (QED) is 0.793. The lowest BCUT2D eigenvalue weighted by Crippen LogP contribution is -2.35. The third-order valence-corrected chi connectivity index (χ3v) is 3.90. The van der Waals surface area contributed by atoms with Gasteiger partial charge in [0.25, 0.3) is 5.56 Å². The predicted molar refractivity (Wildman–Crippen MR) is 75.4 cm³/mol. The van der Waals surface area contributed by atoms with Crippen molar-refractivity contribution in [1.29, 1.82) is 0 Å². The zero-order chi connectivity index (χ0) is 15.5. The van der Waals surface area contributed by atoms with Gasteiger partial charge in [0, 0.05) is 25.3 Å². The zero-order valence-electron chi connectivity index (χ0n) is 12.1. The van der Waals surface area contributed by atoms with Crippen molar-refractivity contribution in [3.05, 3.63) is 33.1 Å². The van der Waals surface area contributed by atoms with E-state index in [0.717, 1.165) is 19.3 Å². The number of aromatic amines is 1. The number of H-pyrrole nitrogens is 1. The van der Waals surface area contributed by atoms with Crippen molar-refractivity contribution >= 4 is 0 Å². The molecule has 1 aromatic heterocycles. The van der Waals surface area contributed by atoms with Gasteiger partial charge in [-0.3, -0.25) is 14.3 Å². The van der Waals surface area contributed by atoms with Crippen molar-refractivity contribution in [2.24, 2.45) is 0 Å². The number of hydrogen-bond acceptors (Lipinski definition) is 6. The molecule has 0 aliphatic carbocycles. The number of nitrogens with zero attached hydrogens (tertiary/aromatic N) is 1. The number of rotatable bonds is 4. The van der Waals surface area contributed by atoms with Crippen molar-refractivity contribution in [2.75, 3.05) is 13.2 Å². The molecule has 0 spiro atoms. The van der Waals surface area contributed by atoms with Gasteiger partial charge in [-0.25, -0.2) is 4.79 Å². The lowest BCUT2D eigenvalue weighted by molar-refractivity contribution is -0.181. The Kier molecular flexibility index (Phi) is 4.72. The Balaban J connectivity index is 1.59. The molecule has 4 atom stereocenters. The molecular weight excluding hydrogens is 292 g/mol. The van der Waals surface area contributed by atoms with Gasteiger partial charge in [-0.2, -0.15) is 0 Å². The van der Waals surface area contributed by atoms with Crippen LogP contribution in [0, 0.1) is 0 Å². The van der Waals surface area contributed by atoms with E-state index in [2.05, 4.69) is 4.98 Å².